The van der Waals surface area contributed by atoms with Crippen molar-refractivity contribution in [3.63, 3.8) is 0 Å². The molecule has 0 N–H and O–H groups in total. The van der Waals surface area contributed by atoms with E-state index in [1.54, 1.807) is 13.0 Å². The van der Waals surface area contributed by atoms with Gasteiger partial charge in [-0.2, -0.15) is 0 Å². The molecule has 3 heterocycles. The van der Waals surface area contributed by atoms with Crippen LogP contribution in [0.2, 0.25) is 0 Å². The Morgan fingerprint density at radius 2 is 2.19 bits per heavy atom. The molecule has 0 spiro atoms. The summed E-state index contributed by atoms with van der Waals surface area (Å²) in [4.78, 5) is 18.9. The van der Waals surface area contributed by atoms with E-state index in [0.717, 1.165) is 19.4 Å². The van der Waals surface area contributed by atoms with Crippen molar-refractivity contribution in [2.75, 3.05) is 37.8 Å². The lowest BCUT2D eigenvalue weighted by Gasteiger charge is -2.37. The SMILES string of the molecule is CCOC(=O)c1cnc2ccc(F)cc2c1N1CCOC(C2CCCO2)C1. The molecule has 1 aromatic heterocycles. The summed E-state index contributed by atoms with van der Waals surface area (Å²) >= 11 is 0. The summed E-state index contributed by atoms with van der Waals surface area (Å²) in [5.74, 6) is -0.818. The number of rotatable bonds is 4. The van der Waals surface area contributed by atoms with Gasteiger partial charge in [0.05, 0.1) is 30.5 Å². The van der Waals surface area contributed by atoms with Crippen LogP contribution in [-0.2, 0) is 14.2 Å². The average Bonchev–Trinajstić information content (AvgIpc) is 3.22. The number of fused-ring (bicyclic) bond motifs is 1. The predicted molar refractivity (Wildman–Crippen MR) is 98.6 cm³/mol. The molecule has 2 aromatic rings. The largest absolute Gasteiger partial charge is 0.462 e. The van der Waals surface area contributed by atoms with E-state index in [1.165, 1.54) is 18.3 Å². The van der Waals surface area contributed by atoms with Crippen molar-refractivity contribution in [1.82, 2.24) is 4.98 Å². The maximum Gasteiger partial charge on any atom is 0.341 e. The fourth-order valence-electron chi connectivity index (χ4n) is 3.85. The van der Waals surface area contributed by atoms with Gasteiger partial charge in [0.15, 0.2) is 0 Å². The zero-order valence-electron chi connectivity index (χ0n) is 15.3. The van der Waals surface area contributed by atoms with Crippen LogP contribution in [0.3, 0.4) is 0 Å². The molecule has 0 aliphatic carbocycles. The second-order valence-corrected chi connectivity index (χ2v) is 6.81. The molecule has 0 saturated carbocycles. The monoisotopic (exact) mass is 374 g/mol. The van der Waals surface area contributed by atoms with Crippen LogP contribution in [0.15, 0.2) is 24.4 Å². The number of anilines is 1. The van der Waals surface area contributed by atoms with Crippen LogP contribution in [0.1, 0.15) is 30.1 Å². The van der Waals surface area contributed by atoms with Gasteiger partial charge in [-0.3, -0.25) is 4.98 Å². The molecule has 0 amide bonds. The van der Waals surface area contributed by atoms with Crippen molar-refractivity contribution in [3.05, 3.63) is 35.8 Å². The Labute approximate surface area is 157 Å². The number of hydrogen-bond donors (Lipinski definition) is 0. The molecular formula is C20H23FN2O4. The van der Waals surface area contributed by atoms with Crippen molar-refractivity contribution in [1.29, 1.82) is 0 Å². The van der Waals surface area contributed by atoms with E-state index in [4.69, 9.17) is 14.2 Å². The van der Waals surface area contributed by atoms with Crippen LogP contribution in [-0.4, -0.2) is 56.1 Å². The lowest BCUT2D eigenvalue weighted by Crippen LogP contribution is -2.48. The van der Waals surface area contributed by atoms with E-state index in [9.17, 15) is 9.18 Å². The molecule has 2 atom stereocenters. The highest BCUT2D eigenvalue weighted by Gasteiger charge is 2.33. The van der Waals surface area contributed by atoms with E-state index in [-0.39, 0.29) is 24.6 Å². The first-order chi connectivity index (χ1) is 13.2. The minimum Gasteiger partial charge on any atom is -0.462 e. The van der Waals surface area contributed by atoms with Crippen LogP contribution < -0.4 is 4.90 Å². The van der Waals surface area contributed by atoms with Crippen molar-refractivity contribution in [2.24, 2.45) is 0 Å². The summed E-state index contributed by atoms with van der Waals surface area (Å²) in [7, 11) is 0. The van der Waals surface area contributed by atoms with Gasteiger partial charge in [-0.15, -0.1) is 0 Å². The van der Waals surface area contributed by atoms with Gasteiger partial charge < -0.3 is 19.1 Å². The molecule has 2 fully saturated rings. The van der Waals surface area contributed by atoms with Gasteiger partial charge in [0.2, 0.25) is 0 Å². The minimum atomic E-state index is -0.452. The number of aromatic nitrogens is 1. The predicted octanol–water partition coefficient (Wildman–Crippen LogP) is 2.93. The van der Waals surface area contributed by atoms with Gasteiger partial charge in [0.1, 0.15) is 17.5 Å². The zero-order chi connectivity index (χ0) is 18.8. The number of nitrogens with zero attached hydrogens (tertiary/aromatic N) is 2. The van der Waals surface area contributed by atoms with Gasteiger partial charge in [-0.25, -0.2) is 9.18 Å². The number of esters is 1. The molecule has 27 heavy (non-hydrogen) atoms. The first-order valence-corrected chi connectivity index (χ1v) is 9.41. The van der Waals surface area contributed by atoms with Gasteiger partial charge in [-0.05, 0) is 38.0 Å². The maximum absolute atomic E-state index is 14.0. The van der Waals surface area contributed by atoms with Crippen LogP contribution in [0.4, 0.5) is 10.1 Å². The van der Waals surface area contributed by atoms with E-state index in [1.807, 2.05) is 0 Å². The second-order valence-electron chi connectivity index (χ2n) is 6.81. The summed E-state index contributed by atoms with van der Waals surface area (Å²) in [6.45, 7) is 4.47. The fraction of sp³-hybridized carbons (Fsp3) is 0.500. The Kier molecular flexibility index (Phi) is 5.22. The van der Waals surface area contributed by atoms with Crippen molar-refractivity contribution < 1.29 is 23.4 Å². The zero-order valence-corrected chi connectivity index (χ0v) is 15.3. The topological polar surface area (TPSA) is 60.9 Å². The Hall–Kier alpha value is -2.25. The van der Waals surface area contributed by atoms with E-state index >= 15 is 0 Å². The molecule has 0 bridgehead atoms. The summed E-state index contributed by atoms with van der Waals surface area (Å²) in [5.41, 5.74) is 1.65. The second kappa shape index (κ2) is 7.78. The lowest BCUT2D eigenvalue weighted by atomic mass is 10.0. The highest BCUT2D eigenvalue weighted by atomic mass is 19.1. The van der Waals surface area contributed by atoms with Gasteiger partial charge in [0, 0.05) is 31.3 Å². The summed E-state index contributed by atoms with van der Waals surface area (Å²) in [6.07, 6.45) is 3.50. The van der Waals surface area contributed by atoms with Gasteiger partial charge in [-0.1, -0.05) is 0 Å². The molecule has 2 unspecified atom stereocenters. The van der Waals surface area contributed by atoms with Gasteiger partial charge >= 0.3 is 5.97 Å². The molecule has 6 nitrogen and oxygen atoms in total. The number of benzene rings is 1. The van der Waals surface area contributed by atoms with E-state index in [2.05, 4.69) is 9.88 Å². The third kappa shape index (κ3) is 3.61. The standard InChI is InChI=1S/C20H23FN2O4/c1-2-25-20(24)15-11-22-16-6-5-13(21)10-14(16)19(15)23-7-9-27-18(12-23)17-4-3-8-26-17/h5-6,10-11,17-18H,2-4,7-9,12H2,1H3. The third-order valence-corrected chi connectivity index (χ3v) is 5.09. The molecule has 0 radical (unpaired) electrons. The molecule has 2 aliphatic rings. The maximum atomic E-state index is 14.0. The summed E-state index contributed by atoms with van der Waals surface area (Å²) < 4.78 is 30.9. The van der Waals surface area contributed by atoms with E-state index < -0.39 is 5.97 Å². The van der Waals surface area contributed by atoms with Crippen molar-refractivity contribution in [3.8, 4) is 0 Å². The molecule has 2 saturated heterocycles. The summed E-state index contributed by atoms with van der Waals surface area (Å²) in [5, 5.41) is 0.605. The first kappa shape index (κ1) is 18.1. The molecule has 4 rings (SSSR count). The lowest BCUT2D eigenvalue weighted by molar-refractivity contribution is -0.0542. The first-order valence-electron chi connectivity index (χ1n) is 9.41. The fourth-order valence-corrected chi connectivity index (χ4v) is 3.85. The number of carbonyl (C=O) groups excluding carboxylic acids is 1. The molecule has 1 aromatic carbocycles. The van der Waals surface area contributed by atoms with Crippen LogP contribution in [0, 0.1) is 5.82 Å². The Bertz CT molecular complexity index is 838. The number of carbonyl (C=O) groups is 1. The quantitative estimate of drug-likeness (QED) is 0.767. The van der Waals surface area contributed by atoms with Crippen molar-refractivity contribution >= 4 is 22.6 Å². The normalized spacial score (nSPS) is 23.0. The van der Waals surface area contributed by atoms with E-state index in [0.29, 0.717) is 41.9 Å². The smallest absolute Gasteiger partial charge is 0.341 e. The molecule has 144 valence electrons. The van der Waals surface area contributed by atoms with Crippen molar-refractivity contribution in [2.45, 2.75) is 32.0 Å². The Balaban J connectivity index is 1.76. The number of morpholine rings is 1. The highest BCUT2D eigenvalue weighted by molar-refractivity contribution is 6.05. The average molecular weight is 374 g/mol. The summed E-state index contributed by atoms with van der Waals surface area (Å²) in [6, 6.07) is 4.43. The minimum absolute atomic E-state index is 0.0590. The Morgan fingerprint density at radius 3 is 2.96 bits per heavy atom. The number of halogens is 1. The molecule has 7 heteroatoms. The number of hydrogen-bond acceptors (Lipinski definition) is 6. The van der Waals surface area contributed by atoms with Crippen LogP contribution in [0.25, 0.3) is 10.9 Å². The number of ether oxygens (including phenoxy) is 3. The number of pyridine rings is 1. The van der Waals surface area contributed by atoms with Gasteiger partial charge in [0.25, 0.3) is 0 Å². The molecule has 2 aliphatic heterocycles. The molecular weight excluding hydrogens is 351 g/mol. The third-order valence-electron chi connectivity index (χ3n) is 5.09. The Morgan fingerprint density at radius 1 is 1.33 bits per heavy atom. The van der Waals surface area contributed by atoms with Crippen LogP contribution in [0.5, 0.6) is 0 Å². The highest BCUT2D eigenvalue weighted by Crippen LogP contribution is 2.33. The van der Waals surface area contributed by atoms with Crippen LogP contribution >= 0.6 is 0 Å².